The summed E-state index contributed by atoms with van der Waals surface area (Å²) in [7, 11) is 4.46. The Bertz CT molecular complexity index is 1130. The van der Waals surface area contributed by atoms with E-state index >= 15 is 0 Å². The number of rotatable bonds is 6. The predicted octanol–water partition coefficient (Wildman–Crippen LogP) is 3.24. The summed E-state index contributed by atoms with van der Waals surface area (Å²) in [5.41, 5.74) is 1.99. The summed E-state index contributed by atoms with van der Waals surface area (Å²) in [6, 6.07) is 5.31. The molecule has 0 spiro atoms. The van der Waals surface area contributed by atoms with E-state index in [-0.39, 0.29) is 24.2 Å². The highest BCUT2D eigenvalue weighted by Gasteiger charge is 2.54. The quantitative estimate of drug-likeness (QED) is 0.459. The van der Waals surface area contributed by atoms with E-state index in [1.165, 1.54) is 21.3 Å². The number of halogens is 1. The van der Waals surface area contributed by atoms with E-state index in [4.69, 9.17) is 44.8 Å². The average Bonchev–Trinajstić information content (AvgIpc) is 3.44. The van der Waals surface area contributed by atoms with E-state index in [0.717, 1.165) is 0 Å². The Kier molecular flexibility index (Phi) is 5.36. The van der Waals surface area contributed by atoms with Gasteiger partial charge in [-0.25, -0.2) is 0 Å². The van der Waals surface area contributed by atoms with Gasteiger partial charge in [0.15, 0.2) is 23.0 Å². The van der Waals surface area contributed by atoms with Crippen molar-refractivity contribution in [2.24, 2.45) is 11.8 Å². The zero-order valence-electron chi connectivity index (χ0n) is 18.1. The number of benzene rings is 2. The maximum atomic E-state index is 13.0. The van der Waals surface area contributed by atoms with Crippen LogP contribution >= 0.6 is 11.6 Å². The van der Waals surface area contributed by atoms with E-state index < -0.39 is 29.8 Å². The molecule has 0 N–H and O–H groups in total. The Morgan fingerprint density at radius 2 is 1.64 bits per heavy atom. The summed E-state index contributed by atoms with van der Waals surface area (Å²) in [6.07, 6.45) is -0.694. The zero-order valence-corrected chi connectivity index (χ0v) is 18.8. The molecule has 0 unspecified atom stereocenters. The third-order valence-corrected chi connectivity index (χ3v) is 6.84. The van der Waals surface area contributed by atoms with Gasteiger partial charge in [-0.1, -0.05) is 11.6 Å². The number of methoxy groups -OCH3 is 3. The standard InChI is InChI=1S/C23H21ClO9/c1-27-16-6-12(19(24)22(29-3)21(16)28-2)17-10-4-14-15(33-9-32-14)5-11(10)20(31-8-25)13-7-30-23(26)18(13)17/h4-6,8,13,17-18,20H,7,9H2,1-3H3/t13-,17-,18-,20-/m0/s1. The van der Waals surface area contributed by atoms with Crippen LogP contribution in [0, 0.1) is 11.8 Å². The first-order chi connectivity index (χ1) is 16.0. The molecule has 2 aliphatic heterocycles. The molecule has 0 aromatic heterocycles. The van der Waals surface area contributed by atoms with Crippen LogP contribution in [0.25, 0.3) is 0 Å². The first-order valence-corrected chi connectivity index (χ1v) is 10.6. The Balaban J connectivity index is 1.79. The minimum absolute atomic E-state index is 0.0714. The molecule has 1 aliphatic carbocycles. The Morgan fingerprint density at radius 3 is 2.27 bits per heavy atom. The highest BCUT2D eigenvalue weighted by Crippen LogP contribution is 2.58. The van der Waals surface area contributed by atoms with Crippen LogP contribution in [-0.4, -0.2) is 47.2 Å². The van der Waals surface area contributed by atoms with Crippen LogP contribution in [0.15, 0.2) is 18.2 Å². The lowest BCUT2D eigenvalue weighted by molar-refractivity contribution is -0.143. The molecule has 2 aromatic carbocycles. The van der Waals surface area contributed by atoms with Crippen molar-refractivity contribution in [1.82, 2.24) is 0 Å². The number of hydrogen-bond donors (Lipinski definition) is 0. The van der Waals surface area contributed by atoms with Crippen molar-refractivity contribution in [3.05, 3.63) is 39.9 Å². The maximum Gasteiger partial charge on any atom is 0.310 e. The second kappa shape index (κ2) is 8.22. The van der Waals surface area contributed by atoms with E-state index in [9.17, 15) is 9.59 Å². The van der Waals surface area contributed by atoms with Crippen LogP contribution in [0.5, 0.6) is 28.7 Å². The molecule has 33 heavy (non-hydrogen) atoms. The Morgan fingerprint density at radius 1 is 0.939 bits per heavy atom. The average molecular weight is 477 g/mol. The molecule has 0 amide bonds. The van der Waals surface area contributed by atoms with Crippen molar-refractivity contribution < 1.29 is 42.7 Å². The topological polar surface area (TPSA) is 98.8 Å². The highest BCUT2D eigenvalue weighted by atomic mass is 35.5. The fourth-order valence-corrected chi connectivity index (χ4v) is 5.42. The van der Waals surface area contributed by atoms with Gasteiger partial charge in [-0.15, -0.1) is 0 Å². The summed E-state index contributed by atoms with van der Waals surface area (Å²) in [5, 5.41) is 0.275. The summed E-state index contributed by atoms with van der Waals surface area (Å²) in [6.45, 7) is 0.558. The number of cyclic esters (lactones) is 1. The molecular formula is C23H21ClO9. The zero-order chi connectivity index (χ0) is 23.3. The summed E-state index contributed by atoms with van der Waals surface area (Å²) in [4.78, 5) is 24.3. The van der Waals surface area contributed by atoms with Crippen molar-refractivity contribution >= 4 is 24.0 Å². The molecule has 174 valence electrons. The smallest absolute Gasteiger partial charge is 0.310 e. The lowest BCUT2D eigenvalue weighted by Gasteiger charge is -2.38. The second-order valence-corrected chi connectivity index (χ2v) is 8.21. The number of carbonyl (C=O) groups excluding carboxylic acids is 2. The minimum atomic E-state index is -0.694. The van der Waals surface area contributed by atoms with Crippen molar-refractivity contribution in [3.63, 3.8) is 0 Å². The van der Waals surface area contributed by atoms with Gasteiger partial charge >= 0.3 is 5.97 Å². The highest BCUT2D eigenvalue weighted by molar-refractivity contribution is 6.33. The molecule has 0 bridgehead atoms. The minimum Gasteiger partial charge on any atom is -0.493 e. The molecule has 1 fully saturated rings. The second-order valence-electron chi connectivity index (χ2n) is 7.83. The van der Waals surface area contributed by atoms with Gasteiger partial charge in [0.2, 0.25) is 12.5 Å². The van der Waals surface area contributed by atoms with E-state index in [0.29, 0.717) is 46.2 Å². The van der Waals surface area contributed by atoms with Gasteiger partial charge in [-0.3, -0.25) is 9.59 Å². The lowest BCUT2D eigenvalue weighted by Crippen LogP contribution is -2.35. The molecule has 4 atom stereocenters. The molecule has 5 rings (SSSR count). The molecule has 10 heteroatoms. The maximum absolute atomic E-state index is 13.0. The SMILES string of the molecule is COc1cc([C@@H]2c3cc4c(cc3[C@H](OC=O)[C@H]3COC(=O)[C@H]23)OCO4)c(Cl)c(OC)c1OC. The number of hydrogen-bond acceptors (Lipinski definition) is 9. The van der Waals surface area contributed by atoms with E-state index in [2.05, 4.69) is 0 Å². The fourth-order valence-electron chi connectivity index (χ4n) is 5.09. The van der Waals surface area contributed by atoms with Gasteiger partial charge in [-0.05, 0) is 29.3 Å². The fraction of sp³-hybridized carbons (Fsp3) is 0.391. The lowest BCUT2D eigenvalue weighted by atomic mass is 9.66. The molecule has 9 nitrogen and oxygen atoms in total. The summed E-state index contributed by atoms with van der Waals surface area (Å²) in [5.74, 6) is 0.0285. The third kappa shape index (κ3) is 3.13. The molecule has 3 aliphatic rings. The first kappa shape index (κ1) is 21.5. The van der Waals surface area contributed by atoms with Crippen LogP contribution in [0.2, 0.25) is 5.02 Å². The van der Waals surface area contributed by atoms with Gasteiger partial charge in [0, 0.05) is 17.4 Å². The molecule has 2 heterocycles. The monoisotopic (exact) mass is 476 g/mol. The number of esters is 1. The predicted molar refractivity (Wildman–Crippen MR) is 113 cm³/mol. The largest absolute Gasteiger partial charge is 0.493 e. The van der Waals surface area contributed by atoms with Gasteiger partial charge in [0.05, 0.1) is 38.9 Å². The molecule has 1 saturated heterocycles. The molecular weight excluding hydrogens is 456 g/mol. The van der Waals surface area contributed by atoms with Crippen molar-refractivity contribution in [3.8, 4) is 28.7 Å². The summed E-state index contributed by atoms with van der Waals surface area (Å²) >= 11 is 6.82. The number of ether oxygens (including phenoxy) is 7. The summed E-state index contributed by atoms with van der Waals surface area (Å²) < 4.78 is 38.5. The van der Waals surface area contributed by atoms with Crippen molar-refractivity contribution in [2.75, 3.05) is 34.7 Å². The Hall–Kier alpha value is -3.33. The van der Waals surface area contributed by atoms with Gasteiger partial charge < -0.3 is 33.2 Å². The van der Waals surface area contributed by atoms with Crippen LogP contribution in [0.1, 0.15) is 28.7 Å². The van der Waals surface area contributed by atoms with E-state index in [1.54, 1.807) is 18.2 Å². The van der Waals surface area contributed by atoms with Gasteiger partial charge in [0.25, 0.3) is 6.47 Å². The van der Waals surface area contributed by atoms with E-state index in [1.807, 2.05) is 0 Å². The van der Waals surface area contributed by atoms with Crippen molar-refractivity contribution in [1.29, 1.82) is 0 Å². The first-order valence-electron chi connectivity index (χ1n) is 10.2. The molecule has 0 radical (unpaired) electrons. The van der Waals surface area contributed by atoms with Crippen LogP contribution in [0.4, 0.5) is 0 Å². The molecule has 2 aromatic rings. The van der Waals surface area contributed by atoms with Crippen LogP contribution < -0.4 is 23.7 Å². The van der Waals surface area contributed by atoms with Crippen molar-refractivity contribution in [2.45, 2.75) is 12.0 Å². The Labute approximate surface area is 194 Å². The third-order valence-electron chi connectivity index (χ3n) is 6.45. The van der Waals surface area contributed by atoms with Crippen LogP contribution in [-0.2, 0) is 19.1 Å². The van der Waals surface area contributed by atoms with Gasteiger partial charge in [0.1, 0.15) is 6.10 Å². The number of carbonyl (C=O) groups is 2. The normalized spacial score (nSPS) is 24.4. The number of fused-ring (bicyclic) bond motifs is 3. The van der Waals surface area contributed by atoms with Crippen LogP contribution in [0.3, 0.4) is 0 Å². The molecule has 0 saturated carbocycles. The van der Waals surface area contributed by atoms with Gasteiger partial charge in [-0.2, -0.15) is 0 Å².